The van der Waals surface area contributed by atoms with Gasteiger partial charge in [0.05, 0.1) is 5.69 Å². The highest BCUT2D eigenvalue weighted by Gasteiger charge is 2.24. The molecule has 2 heterocycles. The summed E-state index contributed by atoms with van der Waals surface area (Å²) in [4.78, 5) is 39.6. The van der Waals surface area contributed by atoms with E-state index in [4.69, 9.17) is 13.9 Å². The smallest absolute Gasteiger partial charge is 0.374 e. The van der Waals surface area contributed by atoms with E-state index in [0.717, 1.165) is 0 Å². The number of hydrogen-bond acceptors (Lipinski definition) is 7. The van der Waals surface area contributed by atoms with Gasteiger partial charge < -0.3 is 23.7 Å². The van der Waals surface area contributed by atoms with E-state index in [9.17, 15) is 18.8 Å². The number of carbonyl (C=O) groups is 3. The van der Waals surface area contributed by atoms with E-state index in [1.54, 1.807) is 23.1 Å². The van der Waals surface area contributed by atoms with Gasteiger partial charge in [0.2, 0.25) is 5.76 Å². The average molecular weight is 480 g/mol. The molecule has 1 fully saturated rings. The molecule has 0 unspecified atom stereocenters. The van der Waals surface area contributed by atoms with Crippen LogP contribution in [0.25, 0.3) is 0 Å². The molecule has 0 saturated carbocycles. The molecule has 9 heteroatoms. The predicted octanol–water partition coefficient (Wildman–Crippen LogP) is 3.71. The first-order valence-corrected chi connectivity index (χ1v) is 11.2. The van der Waals surface area contributed by atoms with Crippen LogP contribution in [0.1, 0.15) is 33.6 Å². The number of hydrogen-bond donors (Lipinski definition) is 0. The van der Waals surface area contributed by atoms with E-state index in [0.29, 0.717) is 48.9 Å². The minimum absolute atomic E-state index is 0.0150. The molecule has 8 nitrogen and oxygen atoms in total. The molecule has 0 bridgehead atoms. The lowest BCUT2D eigenvalue weighted by Gasteiger charge is -2.36. The molecule has 2 aromatic carbocycles. The molecule has 4 rings (SSSR count). The fraction of sp³-hybridized carbons (Fsp3) is 0.269. The summed E-state index contributed by atoms with van der Waals surface area (Å²) in [7, 11) is 0. The summed E-state index contributed by atoms with van der Waals surface area (Å²) in [6.07, 6.45) is 0. The topological polar surface area (TPSA) is 89.3 Å². The molecule has 1 saturated heterocycles. The second kappa shape index (κ2) is 10.9. The first-order valence-electron chi connectivity index (χ1n) is 11.2. The fourth-order valence-corrected chi connectivity index (χ4v) is 3.71. The Balaban J connectivity index is 1.23. The van der Waals surface area contributed by atoms with Crippen LogP contribution in [0.5, 0.6) is 5.75 Å². The molecule has 182 valence electrons. The Morgan fingerprint density at radius 3 is 2.40 bits per heavy atom. The number of para-hydroxylation sites is 1. The van der Waals surface area contributed by atoms with Crippen LogP contribution in [0.15, 0.2) is 65.1 Å². The van der Waals surface area contributed by atoms with Crippen molar-refractivity contribution in [2.75, 3.05) is 37.7 Å². The van der Waals surface area contributed by atoms with Crippen LogP contribution in [-0.4, -0.2) is 55.3 Å². The predicted molar refractivity (Wildman–Crippen MR) is 125 cm³/mol. The van der Waals surface area contributed by atoms with Crippen molar-refractivity contribution in [3.8, 4) is 5.75 Å². The van der Waals surface area contributed by atoms with E-state index < -0.39 is 18.4 Å². The van der Waals surface area contributed by atoms with Crippen molar-refractivity contribution in [2.45, 2.75) is 13.5 Å². The van der Waals surface area contributed by atoms with Crippen LogP contribution >= 0.6 is 0 Å². The largest absolute Gasteiger partial charge is 0.486 e. The lowest BCUT2D eigenvalue weighted by molar-refractivity contribution is -0.134. The van der Waals surface area contributed by atoms with Gasteiger partial charge in [-0.25, -0.2) is 9.18 Å². The van der Waals surface area contributed by atoms with Gasteiger partial charge in [-0.2, -0.15) is 0 Å². The molecule has 35 heavy (non-hydrogen) atoms. The quantitative estimate of drug-likeness (QED) is 0.359. The van der Waals surface area contributed by atoms with Crippen LogP contribution in [0.4, 0.5) is 10.1 Å². The summed E-state index contributed by atoms with van der Waals surface area (Å²) in [5.74, 6) is -0.648. The minimum Gasteiger partial charge on any atom is -0.486 e. The number of anilines is 1. The third-order valence-corrected chi connectivity index (χ3v) is 5.64. The molecule has 0 N–H and O–H groups in total. The third kappa shape index (κ3) is 6.06. The molecular formula is C26H25FN2O6. The Morgan fingerprint density at radius 2 is 1.71 bits per heavy atom. The first-order chi connectivity index (χ1) is 16.9. The summed E-state index contributed by atoms with van der Waals surface area (Å²) < 4.78 is 30.6. The number of rotatable bonds is 8. The Labute approximate surface area is 201 Å². The molecule has 0 atom stereocenters. The summed E-state index contributed by atoms with van der Waals surface area (Å²) in [5, 5.41) is 0. The fourth-order valence-electron chi connectivity index (χ4n) is 3.71. The van der Waals surface area contributed by atoms with E-state index in [1.165, 1.54) is 19.1 Å². The highest BCUT2D eigenvalue weighted by molar-refractivity contribution is 5.94. The normalized spacial score (nSPS) is 13.4. The second-order valence-electron chi connectivity index (χ2n) is 8.03. The summed E-state index contributed by atoms with van der Waals surface area (Å²) in [6.45, 7) is 2.66. The van der Waals surface area contributed by atoms with Crippen LogP contribution < -0.4 is 9.64 Å². The monoisotopic (exact) mass is 480 g/mol. The van der Waals surface area contributed by atoms with Gasteiger partial charge in [0, 0.05) is 31.7 Å². The Kier molecular flexibility index (Phi) is 7.45. The number of amides is 1. The van der Waals surface area contributed by atoms with Gasteiger partial charge in [-0.1, -0.05) is 18.2 Å². The average Bonchev–Trinajstić information content (AvgIpc) is 3.36. The zero-order chi connectivity index (χ0) is 24.8. The number of halogens is 1. The maximum Gasteiger partial charge on any atom is 0.374 e. The zero-order valence-corrected chi connectivity index (χ0v) is 19.2. The van der Waals surface area contributed by atoms with E-state index in [1.807, 2.05) is 35.2 Å². The lowest BCUT2D eigenvalue weighted by Crippen LogP contribution is -2.50. The summed E-state index contributed by atoms with van der Waals surface area (Å²) in [6, 6.07) is 16.7. The van der Waals surface area contributed by atoms with E-state index in [-0.39, 0.29) is 24.1 Å². The highest BCUT2D eigenvalue weighted by Crippen LogP contribution is 2.22. The number of nitrogens with zero attached hydrogens (tertiary/aromatic N) is 2. The third-order valence-electron chi connectivity index (χ3n) is 5.64. The first kappa shape index (κ1) is 24.0. The van der Waals surface area contributed by atoms with Crippen molar-refractivity contribution in [1.29, 1.82) is 0 Å². The van der Waals surface area contributed by atoms with Gasteiger partial charge in [0.1, 0.15) is 23.9 Å². The number of piperazine rings is 1. The number of carbonyl (C=O) groups excluding carboxylic acids is 3. The van der Waals surface area contributed by atoms with Crippen molar-refractivity contribution in [1.82, 2.24) is 4.90 Å². The minimum atomic E-state index is -0.740. The Bertz CT molecular complexity index is 1200. The van der Waals surface area contributed by atoms with Crippen LogP contribution in [0.2, 0.25) is 0 Å². The van der Waals surface area contributed by atoms with Crippen LogP contribution in [0.3, 0.4) is 0 Å². The van der Waals surface area contributed by atoms with E-state index >= 15 is 0 Å². The number of esters is 1. The van der Waals surface area contributed by atoms with Gasteiger partial charge in [0.25, 0.3) is 5.91 Å². The van der Waals surface area contributed by atoms with Crippen molar-refractivity contribution < 1.29 is 32.7 Å². The summed E-state index contributed by atoms with van der Waals surface area (Å²) >= 11 is 0. The molecule has 1 aliphatic rings. The van der Waals surface area contributed by atoms with Crippen LogP contribution in [-0.2, 0) is 16.1 Å². The number of furan rings is 1. The van der Waals surface area contributed by atoms with Gasteiger partial charge in [0.15, 0.2) is 12.4 Å². The van der Waals surface area contributed by atoms with Crippen LogP contribution in [0, 0.1) is 5.82 Å². The summed E-state index contributed by atoms with van der Waals surface area (Å²) in [5.41, 5.74) is 0.702. The van der Waals surface area contributed by atoms with Gasteiger partial charge in [-0.3, -0.25) is 9.59 Å². The maximum atomic E-state index is 14.4. The van der Waals surface area contributed by atoms with Gasteiger partial charge in [-0.05, 0) is 49.4 Å². The molecule has 3 aromatic rings. The van der Waals surface area contributed by atoms with Gasteiger partial charge in [-0.15, -0.1) is 0 Å². The highest BCUT2D eigenvalue weighted by atomic mass is 19.1. The Hall–Kier alpha value is -4.14. The number of ether oxygens (including phenoxy) is 2. The molecule has 1 aliphatic heterocycles. The van der Waals surface area contributed by atoms with E-state index in [2.05, 4.69) is 0 Å². The molecule has 1 amide bonds. The zero-order valence-electron chi connectivity index (χ0n) is 19.2. The molecule has 1 aromatic heterocycles. The molecule has 0 radical (unpaired) electrons. The molecule has 0 spiro atoms. The number of Topliss-reactive ketones (excluding diaryl/α,β-unsaturated/α-hetero) is 1. The van der Waals surface area contributed by atoms with Crippen molar-refractivity contribution >= 4 is 23.3 Å². The van der Waals surface area contributed by atoms with Crippen molar-refractivity contribution in [3.63, 3.8) is 0 Å². The second-order valence-corrected chi connectivity index (χ2v) is 8.03. The standard InChI is InChI=1S/C26H25FN2O6/c1-18(30)19-7-9-23(22(27)15-19)28-11-13-29(14-12-28)25(31)17-34-26(32)24-10-8-21(35-24)16-33-20-5-3-2-4-6-20/h2-10,15H,11-14,16-17H2,1H3. The maximum absolute atomic E-state index is 14.4. The van der Waals surface area contributed by atoms with Crippen molar-refractivity contribution in [3.05, 3.63) is 83.6 Å². The molecular weight excluding hydrogens is 455 g/mol. The lowest BCUT2D eigenvalue weighted by atomic mass is 10.1. The number of benzene rings is 2. The van der Waals surface area contributed by atoms with Gasteiger partial charge >= 0.3 is 5.97 Å². The molecule has 0 aliphatic carbocycles. The Morgan fingerprint density at radius 1 is 0.971 bits per heavy atom. The van der Waals surface area contributed by atoms with Crippen molar-refractivity contribution in [2.24, 2.45) is 0 Å². The number of ketones is 1. The SMILES string of the molecule is CC(=O)c1ccc(N2CCN(C(=O)COC(=O)c3ccc(COc4ccccc4)o3)CC2)c(F)c1.